The molecule has 2 atom stereocenters. The van der Waals surface area contributed by atoms with E-state index in [1.807, 2.05) is 53.7 Å². The quantitative estimate of drug-likeness (QED) is 0.191. The van der Waals surface area contributed by atoms with E-state index in [0.717, 1.165) is 33.0 Å². The first kappa shape index (κ1) is 26.3. The van der Waals surface area contributed by atoms with Crippen molar-refractivity contribution >= 4 is 21.5 Å². The molecule has 8 nitrogen and oxygen atoms in total. The summed E-state index contributed by atoms with van der Waals surface area (Å²) in [4.78, 5) is 0. The van der Waals surface area contributed by atoms with Crippen LogP contribution in [0.4, 0.5) is 0 Å². The van der Waals surface area contributed by atoms with Crippen molar-refractivity contribution in [3.8, 4) is 45.6 Å². The fourth-order valence-electron chi connectivity index (χ4n) is 6.69. The lowest BCUT2D eigenvalue weighted by atomic mass is 9.84. The lowest BCUT2D eigenvalue weighted by molar-refractivity contribution is -0.0492. The molecule has 2 unspecified atom stereocenters. The predicted octanol–water partition coefficient (Wildman–Crippen LogP) is 7.42. The van der Waals surface area contributed by atoms with Crippen molar-refractivity contribution in [2.24, 2.45) is 0 Å². The molecule has 2 heterocycles. The summed E-state index contributed by atoms with van der Waals surface area (Å²) in [6, 6.07) is 4.00. The van der Waals surface area contributed by atoms with Crippen molar-refractivity contribution in [3.63, 3.8) is 0 Å². The number of methoxy groups -OCH3 is 2. The van der Waals surface area contributed by atoms with Crippen LogP contribution in [0.15, 0.2) is 12.1 Å². The molecule has 0 saturated carbocycles. The maximum Gasteiger partial charge on any atom is 0.231 e. The van der Waals surface area contributed by atoms with Gasteiger partial charge in [0.05, 0.1) is 11.1 Å². The molecule has 2 aliphatic heterocycles. The number of rotatable bonds is 5. The molecule has 4 N–H and O–H groups in total. The van der Waals surface area contributed by atoms with Crippen LogP contribution in [0.1, 0.15) is 85.5 Å². The number of hydrogen-bond donors (Lipinski definition) is 4. The molecule has 0 aromatic heterocycles. The topological polar surface area (TPSA) is 118 Å². The summed E-state index contributed by atoms with van der Waals surface area (Å²) in [6.45, 7) is 11.8. The molecule has 0 saturated heterocycles. The Bertz CT molecular complexity index is 1620. The van der Waals surface area contributed by atoms with Gasteiger partial charge < -0.3 is 39.4 Å². The van der Waals surface area contributed by atoms with Crippen LogP contribution in [-0.2, 0) is 9.47 Å². The highest BCUT2D eigenvalue weighted by Crippen LogP contribution is 2.61. The second kappa shape index (κ2) is 8.81. The standard InChI is InChI=1S/C32H34O8/c1-11(2)17-15-9-13(5)19(29-21(15)23(27(35)25(17)33)31(37-7)39-29)20-14(6)10-16-18(12(3)4)26(34)28(36)24-22(16)30(20)40-32(24)38-8/h9-12,31-36H,1-8H3. The van der Waals surface area contributed by atoms with Gasteiger partial charge in [0.1, 0.15) is 11.5 Å². The van der Waals surface area contributed by atoms with E-state index in [0.29, 0.717) is 44.5 Å². The van der Waals surface area contributed by atoms with Crippen molar-refractivity contribution in [2.75, 3.05) is 14.2 Å². The van der Waals surface area contributed by atoms with Gasteiger partial charge in [-0.05, 0) is 47.6 Å². The van der Waals surface area contributed by atoms with Crippen LogP contribution in [0.5, 0.6) is 34.5 Å². The van der Waals surface area contributed by atoms with Gasteiger partial charge in [-0.3, -0.25) is 0 Å². The van der Waals surface area contributed by atoms with E-state index in [1.165, 1.54) is 14.2 Å². The smallest absolute Gasteiger partial charge is 0.231 e. The molecule has 0 radical (unpaired) electrons. The Morgan fingerprint density at radius 3 is 1.27 bits per heavy atom. The number of phenolic OH excluding ortho intramolecular Hbond substituents is 4. The first-order chi connectivity index (χ1) is 18.9. The second-order valence-corrected chi connectivity index (χ2v) is 11.4. The number of aryl methyl sites for hydroxylation is 2. The Hall–Kier alpha value is -3.88. The van der Waals surface area contributed by atoms with Gasteiger partial charge in [0.2, 0.25) is 12.6 Å². The fraction of sp³-hybridized carbons (Fsp3) is 0.375. The third-order valence-electron chi connectivity index (χ3n) is 8.30. The lowest BCUT2D eigenvalue weighted by Gasteiger charge is -2.21. The van der Waals surface area contributed by atoms with E-state index < -0.39 is 12.6 Å². The van der Waals surface area contributed by atoms with Gasteiger partial charge >= 0.3 is 0 Å². The zero-order chi connectivity index (χ0) is 28.9. The Morgan fingerprint density at radius 1 is 0.625 bits per heavy atom. The summed E-state index contributed by atoms with van der Waals surface area (Å²) < 4.78 is 24.0. The van der Waals surface area contributed by atoms with Crippen LogP contribution < -0.4 is 9.47 Å². The summed E-state index contributed by atoms with van der Waals surface area (Å²) in [6.07, 6.45) is -1.84. The van der Waals surface area contributed by atoms with E-state index in [1.54, 1.807) is 0 Å². The molecular weight excluding hydrogens is 512 g/mol. The molecule has 0 aliphatic carbocycles. The van der Waals surface area contributed by atoms with E-state index in [4.69, 9.17) is 18.9 Å². The van der Waals surface area contributed by atoms with Crippen molar-refractivity contribution in [2.45, 2.75) is 66.0 Å². The molecule has 4 aromatic rings. The zero-order valence-electron chi connectivity index (χ0n) is 23.9. The van der Waals surface area contributed by atoms with Crippen LogP contribution in [-0.4, -0.2) is 34.6 Å². The minimum Gasteiger partial charge on any atom is -0.504 e. The van der Waals surface area contributed by atoms with Gasteiger partial charge in [-0.1, -0.05) is 39.8 Å². The molecule has 8 heteroatoms. The molecule has 0 fully saturated rings. The van der Waals surface area contributed by atoms with Gasteiger partial charge in [0, 0.05) is 47.2 Å². The molecule has 40 heavy (non-hydrogen) atoms. The van der Waals surface area contributed by atoms with Crippen molar-refractivity contribution in [1.29, 1.82) is 0 Å². The molecule has 6 rings (SSSR count). The molecule has 210 valence electrons. The second-order valence-electron chi connectivity index (χ2n) is 11.4. The lowest BCUT2D eigenvalue weighted by Crippen LogP contribution is -2.05. The maximum absolute atomic E-state index is 11.1. The monoisotopic (exact) mass is 546 g/mol. The highest BCUT2D eigenvalue weighted by atomic mass is 16.7. The van der Waals surface area contributed by atoms with Gasteiger partial charge in [-0.2, -0.15) is 0 Å². The van der Waals surface area contributed by atoms with E-state index >= 15 is 0 Å². The van der Waals surface area contributed by atoms with Gasteiger partial charge in [0.15, 0.2) is 23.0 Å². The minimum absolute atomic E-state index is 0.0712. The third-order valence-corrected chi connectivity index (χ3v) is 8.30. The van der Waals surface area contributed by atoms with Crippen LogP contribution in [0, 0.1) is 13.8 Å². The molecule has 2 aliphatic rings. The summed E-state index contributed by atoms with van der Waals surface area (Å²) >= 11 is 0. The number of benzene rings is 4. The minimum atomic E-state index is -0.920. The van der Waals surface area contributed by atoms with Crippen LogP contribution in [0.3, 0.4) is 0 Å². The molecule has 0 bridgehead atoms. The summed E-state index contributed by atoms with van der Waals surface area (Å²) in [5.74, 6) is 0.0489. The van der Waals surface area contributed by atoms with Crippen LogP contribution in [0.25, 0.3) is 32.7 Å². The SMILES string of the molecule is COC1Oc2c(-c3c(C)cc4c(C(C)C)c(O)c(O)c5c4c3OC5OC)c(C)cc3c(C(C)C)c(O)c(O)c1c23. The predicted molar refractivity (Wildman–Crippen MR) is 152 cm³/mol. The first-order valence-electron chi connectivity index (χ1n) is 13.4. The summed E-state index contributed by atoms with van der Waals surface area (Å²) in [5.41, 5.74) is 5.27. The number of aromatic hydroxyl groups is 4. The molecule has 4 aromatic carbocycles. The Labute approximate surface area is 232 Å². The third kappa shape index (κ3) is 3.20. The molecule has 0 amide bonds. The summed E-state index contributed by atoms with van der Waals surface area (Å²) in [7, 11) is 2.98. The zero-order valence-corrected chi connectivity index (χ0v) is 23.9. The largest absolute Gasteiger partial charge is 0.504 e. The van der Waals surface area contributed by atoms with Crippen molar-refractivity contribution in [3.05, 3.63) is 45.5 Å². The van der Waals surface area contributed by atoms with E-state index in [-0.39, 0.29) is 34.8 Å². The van der Waals surface area contributed by atoms with E-state index in [9.17, 15) is 20.4 Å². The van der Waals surface area contributed by atoms with Gasteiger partial charge in [-0.15, -0.1) is 0 Å². The molecule has 0 spiro atoms. The van der Waals surface area contributed by atoms with Crippen molar-refractivity contribution in [1.82, 2.24) is 0 Å². The fourth-order valence-corrected chi connectivity index (χ4v) is 6.69. The van der Waals surface area contributed by atoms with Crippen molar-refractivity contribution < 1.29 is 39.4 Å². The Morgan fingerprint density at radius 2 is 0.975 bits per heavy atom. The normalized spacial score (nSPS) is 17.4. The summed E-state index contributed by atoms with van der Waals surface area (Å²) in [5, 5.41) is 47.1. The van der Waals surface area contributed by atoms with Crippen LogP contribution in [0.2, 0.25) is 0 Å². The first-order valence-corrected chi connectivity index (χ1v) is 13.4. The highest BCUT2D eigenvalue weighted by molar-refractivity contribution is 6.10. The van der Waals surface area contributed by atoms with E-state index in [2.05, 4.69) is 0 Å². The highest BCUT2D eigenvalue weighted by Gasteiger charge is 2.40. The average Bonchev–Trinajstić information content (AvgIpc) is 3.47. The van der Waals surface area contributed by atoms with Crippen LogP contribution >= 0.6 is 0 Å². The Balaban J connectivity index is 1.78. The Kier molecular flexibility index (Phi) is 5.80. The number of hydrogen-bond acceptors (Lipinski definition) is 8. The average molecular weight is 547 g/mol. The van der Waals surface area contributed by atoms with Gasteiger partial charge in [-0.25, -0.2) is 0 Å². The number of ether oxygens (including phenoxy) is 4. The number of phenols is 4. The van der Waals surface area contributed by atoms with Gasteiger partial charge in [0.25, 0.3) is 0 Å². The maximum atomic E-state index is 11.1. The molecular formula is C32H34O8.